The second-order valence-electron chi connectivity index (χ2n) is 6.05. The number of ether oxygens (including phenoxy) is 1. The normalized spacial score (nSPS) is 24.6. The molecule has 1 fully saturated rings. The van der Waals surface area contributed by atoms with E-state index in [-0.39, 0.29) is 10.8 Å². The third-order valence-corrected chi connectivity index (χ3v) is 5.96. The highest BCUT2D eigenvalue weighted by atomic mass is 32.2. The van der Waals surface area contributed by atoms with E-state index in [1.807, 2.05) is 24.3 Å². The highest BCUT2D eigenvalue weighted by molar-refractivity contribution is 7.87. The monoisotopic (exact) mass is 318 g/mol. The average Bonchev–Trinajstić information content (AvgIpc) is 2.54. The predicted octanol–water partition coefficient (Wildman–Crippen LogP) is 3.84. The third-order valence-electron chi connectivity index (χ3n) is 4.59. The summed E-state index contributed by atoms with van der Waals surface area (Å²) in [4.78, 5) is 0.164. The van der Waals surface area contributed by atoms with Gasteiger partial charge in [-0.1, -0.05) is 49.6 Å². The SMILES string of the molecule is O=S1(=O)OC(C2CCCCC2)Oc2ccc3ccccc3c21. The Morgan fingerprint density at radius 2 is 1.73 bits per heavy atom. The summed E-state index contributed by atoms with van der Waals surface area (Å²) in [6.45, 7) is 0. The predicted molar refractivity (Wildman–Crippen MR) is 83.2 cm³/mol. The van der Waals surface area contributed by atoms with Crippen LogP contribution in [0.1, 0.15) is 32.1 Å². The van der Waals surface area contributed by atoms with E-state index in [0.29, 0.717) is 11.1 Å². The summed E-state index contributed by atoms with van der Waals surface area (Å²) in [5, 5.41) is 1.52. The highest BCUT2D eigenvalue weighted by Crippen LogP contribution is 2.41. The number of rotatable bonds is 1. The highest BCUT2D eigenvalue weighted by Gasteiger charge is 2.38. The summed E-state index contributed by atoms with van der Waals surface area (Å²) in [5.74, 6) is 0.573. The largest absolute Gasteiger partial charge is 0.462 e. The number of hydrogen-bond acceptors (Lipinski definition) is 4. The van der Waals surface area contributed by atoms with Crippen molar-refractivity contribution in [2.24, 2.45) is 5.92 Å². The second kappa shape index (κ2) is 5.25. The van der Waals surface area contributed by atoms with Crippen molar-refractivity contribution in [1.29, 1.82) is 0 Å². The Hall–Kier alpha value is -1.59. The van der Waals surface area contributed by atoms with Crippen LogP contribution in [0.2, 0.25) is 0 Å². The van der Waals surface area contributed by atoms with Gasteiger partial charge in [0, 0.05) is 11.3 Å². The molecule has 0 radical (unpaired) electrons. The molecule has 0 saturated heterocycles. The Balaban J connectivity index is 1.80. The van der Waals surface area contributed by atoms with Gasteiger partial charge in [-0.15, -0.1) is 0 Å². The molecule has 1 heterocycles. The molecule has 5 heteroatoms. The standard InChI is InChI=1S/C17H18O4S/c18-22(19)16-14-9-5-4-6-12(14)10-11-15(16)20-17(21-22)13-7-2-1-3-8-13/h4-6,9-11,13,17H,1-3,7-8H2. The molecular formula is C17H18O4S. The second-order valence-corrected chi connectivity index (χ2v) is 7.56. The van der Waals surface area contributed by atoms with Gasteiger partial charge in [-0.2, -0.15) is 8.42 Å². The van der Waals surface area contributed by atoms with Crippen LogP contribution in [0.3, 0.4) is 0 Å². The van der Waals surface area contributed by atoms with Crippen molar-refractivity contribution in [3.05, 3.63) is 36.4 Å². The molecule has 0 amide bonds. The number of benzene rings is 2. The molecule has 116 valence electrons. The summed E-state index contributed by atoms with van der Waals surface area (Å²) >= 11 is 0. The van der Waals surface area contributed by atoms with E-state index in [1.54, 1.807) is 12.1 Å². The zero-order valence-corrected chi connectivity index (χ0v) is 13.0. The quantitative estimate of drug-likeness (QED) is 0.750. The molecule has 1 atom stereocenters. The molecule has 1 aliphatic heterocycles. The Kier molecular flexibility index (Phi) is 3.35. The van der Waals surface area contributed by atoms with Crippen LogP contribution in [0.25, 0.3) is 10.8 Å². The minimum absolute atomic E-state index is 0.156. The van der Waals surface area contributed by atoms with Crippen LogP contribution in [0, 0.1) is 5.92 Å². The minimum Gasteiger partial charge on any atom is -0.462 e. The molecule has 4 nitrogen and oxygen atoms in total. The topological polar surface area (TPSA) is 52.6 Å². The van der Waals surface area contributed by atoms with Crippen LogP contribution in [0.4, 0.5) is 0 Å². The van der Waals surface area contributed by atoms with Gasteiger partial charge in [0.1, 0.15) is 10.6 Å². The lowest BCUT2D eigenvalue weighted by atomic mass is 9.89. The van der Waals surface area contributed by atoms with Crippen LogP contribution in [-0.4, -0.2) is 14.7 Å². The van der Waals surface area contributed by atoms with Crippen LogP contribution in [-0.2, 0) is 14.3 Å². The van der Waals surface area contributed by atoms with E-state index in [9.17, 15) is 8.42 Å². The van der Waals surface area contributed by atoms with Crippen molar-refractivity contribution in [1.82, 2.24) is 0 Å². The van der Waals surface area contributed by atoms with Gasteiger partial charge in [0.05, 0.1) is 0 Å². The Morgan fingerprint density at radius 3 is 2.55 bits per heavy atom. The van der Waals surface area contributed by atoms with Crippen molar-refractivity contribution in [2.45, 2.75) is 43.3 Å². The van der Waals surface area contributed by atoms with Gasteiger partial charge in [-0.3, -0.25) is 0 Å². The fraction of sp³-hybridized carbons (Fsp3) is 0.412. The summed E-state index contributed by atoms with van der Waals surface area (Å²) in [6, 6.07) is 11.0. The lowest BCUT2D eigenvalue weighted by molar-refractivity contribution is -0.0571. The lowest BCUT2D eigenvalue weighted by Gasteiger charge is -2.33. The molecule has 1 unspecified atom stereocenters. The van der Waals surface area contributed by atoms with Gasteiger partial charge >= 0.3 is 10.1 Å². The molecule has 2 aliphatic rings. The molecular weight excluding hydrogens is 300 g/mol. The summed E-state index contributed by atoms with van der Waals surface area (Å²) in [7, 11) is -3.79. The van der Waals surface area contributed by atoms with Crippen molar-refractivity contribution < 1.29 is 17.3 Å². The number of fused-ring (bicyclic) bond motifs is 3. The van der Waals surface area contributed by atoms with Gasteiger partial charge in [0.25, 0.3) is 0 Å². The maximum atomic E-state index is 12.6. The van der Waals surface area contributed by atoms with Crippen molar-refractivity contribution in [2.75, 3.05) is 0 Å². The minimum atomic E-state index is -3.79. The first-order valence-corrected chi connectivity index (χ1v) is 9.18. The zero-order chi connectivity index (χ0) is 15.2. The molecule has 0 bridgehead atoms. The summed E-state index contributed by atoms with van der Waals surface area (Å²) < 4.78 is 36.6. The smallest absolute Gasteiger partial charge is 0.304 e. The van der Waals surface area contributed by atoms with Crippen molar-refractivity contribution in [3.8, 4) is 5.75 Å². The molecule has 4 rings (SSSR count). The van der Waals surface area contributed by atoms with E-state index >= 15 is 0 Å². The van der Waals surface area contributed by atoms with Gasteiger partial charge in [0.15, 0.2) is 0 Å². The molecule has 2 aromatic rings. The first-order chi connectivity index (χ1) is 10.6. The summed E-state index contributed by atoms with van der Waals surface area (Å²) in [5.41, 5.74) is 0. The fourth-order valence-electron chi connectivity index (χ4n) is 3.47. The van der Waals surface area contributed by atoms with E-state index in [4.69, 9.17) is 8.92 Å². The number of hydrogen-bond donors (Lipinski definition) is 0. The van der Waals surface area contributed by atoms with E-state index < -0.39 is 16.4 Å². The van der Waals surface area contributed by atoms with Crippen molar-refractivity contribution in [3.63, 3.8) is 0 Å². The first-order valence-electron chi connectivity index (χ1n) is 7.77. The Labute approximate surface area is 130 Å². The van der Waals surface area contributed by atoms with Crippen molar-refractivity contribution >= 4 is 20.9 Å². The molecule has 1 saturated carbocycles. The third kappa shape index (κ3) is 2.29. The maximum absolute atomic E-state index is 12.6. The Bertz CT molecular complexity index is 807. The van der Waals surface area contributed by atoms with Gasteiger partial charge < -0.3 is 4.74 Å². The summed E-state index contributed by atoms with van der Waals surface area (Å²) in [6.07, 6.45) is 4.67. The fourth-order valence-corrected chi connectivity index (χ4v) is 4.83. The van der Waals surface area contributed by atoms with E-state index in [1.165, 1.54) is 6.42 Å². The van der Waals surface area contributed by atoms with Crippen LogP contribution >= 0.6 is 0 Å². The lowest BCUT2D eigenvalue weighted by Crippen LogP contribution is -2.37. The molecule has 0 N–H and O–H groups in total. The first kappa shape index (κ1) is 14.0. The van der Waals surface area contributed by atoms with Gasteiger partial charge in [-0.25, -0.2) is 4.18 Å². The molecule has 0 aromatic heterocycles. The molecule has 22 heavy (non-hydrogen) atoms. The molecule has 2 aromatic carbocycles. The van der Waals surface area contributed by atoms with Crippen LogP contribution in [0.5, 0.6) is 5.75 Å². The molecule has 1 aliphatic carbocycles. The van der Waals surface area contributed by atoms with Gasteiger partial charge in [0.2, 0.25) is 6.29 Å². The zero-order valence-electron chi connectivity index (χ0n) is 12.2. The van der Waals surface area contributed by atoms with E-state index in [2.05, 4.69) is 0 Å². The van der Waals surface area contributed by atoms with E-state index in [0.717, 1.165) is 31.1 Å². The molecule has 0 spiro atoms. The van der Waals surface area contributed by atoms with Gasteiger partial charge in [-0.05, 0) is 24.3 Å². The Morgan fingerprint density at radius 1 is 0.955 bits per heavy atom. The average molecular weight is 318 g/mol. The van der Waals surface area contributed by atoms with Crippen LogP contribution in [0.15, 0.2) is 41.3 Å². The maximum Gasteiger partial charge on any atom is 0.304 e. The van der Waals surface area contributed by atoms with Crippen LogP contribution < -0.4 is 4.74 Å².